The zero-order valence-corrected chi connectivity index (χ0v) is 16.2. The van der Waals surface area contributed by atoms with Gasteiger partial charge in [-0.15, -0.1) is 10.2 Å². The van der Waals surface area contributed by atoms with E-state index in [0.29, 0.717) is 16.9 Å². The molecule has 2 aromatic heterocycles. The number of hydrogen-bond donors (Lipinski definition) is 1. The summed E-state index contributed by atoms with van der Waals surface area (Å²) in [5.74, 6) is 3.09. The van der Waals surface area contributed by atoms with Crippen molar-refractivity contribution in [3.8, 4) is 0 Å². The van der Waals surface area contributed by atoms with Gasteiger partial charge >= 0.3 is 0 Å². The molecular formula is C22H25ClN4. The molecule has 1 N–H and O–H groups in total. The summed E-state index contributed by atoms with van der Waals surface area (Å²) >= 11 is 6.66. The summed E-state index contributed by atoms with van der Waals surface area (Å²) in [6, 6.07) is 13.0. The van der Waals surface area contributed by atoms with Crippen LogP contribution in [0.2, 0.25) is 5.02 Å². The lowest BCUT2D eigenvalue weighted by Crippen LogP contribution is -2.17. The van der Waals surface area contributed by atoms with Gasteiger partial charge in [0.05, 0.1) is 5.69 Å². The van der Waals surface area contributed by atoms with Crippen molar-refractivity contribution < 1.29 is 0 Å². The molecule has 0 spiro atoms. The number of benzene rings is 1. The third-order valence-electron chi connectivity index (χ3n) is 6.20. The summed E-state index contributed by atoms with van der Waals surface area (Å²) < 4.78 is 2.05. The van der Waals surface area contributed by atoms with Crippen LogP contribution in [-0.2, 0) is 6.42 Å². The molecule has 3 aromatic rings. The van der Waals surface area contributed by atoms with Gasteiger partial charge in [-0.05, 0) is 55.1 Å². The molecule has 0 bridgehead atoms. The molecule has 2 atom stereocenters. The molecular weight excluding hydrogens is 356 g/mol. The number of nitrogens with zero attached hydrogens (tertiary/aromatic N) is 3. The second kappa shape index (κ2) is 7.16. The largest absolute Gasteiger partial charge is 0.383 e. The minimum Gasteiger partial charge on any atom is -0.383 e. The van der Waals surface area contributed by atoms with Crippen molar-refractivity contribution >= 4 is 22.9 Å². The monoisotopic (exact) mass is 380 g/mol. The van der Waals surface area contributed by atoms with Gasteiger partial charge in [-0.3, -0.25) is 4.40 Å². The fourth-order valence-corrected chi connectivity index (χ4v) is 4.75. The molecule has 27 heavy (non-hydrogen) atoms. The van der Waals surface area contributed by atoms with E-state index in [1.165, 1.54) is 37.7 Å². The van der Waals surface area contributed by atoms with Crippen LogP contribution in [0.3, 0.4) is 0 Å². The molecule has 2 heterocycles. The second-order valence-electron chi connectivity index (χ2n) is 8.09. The van der Waals surface area contributed by atoms with E-state index in [0.717, 1.165) is 36.0 Å². The van der Waals surface area contributed by atoms with Gasteiger partial charge in [0.1, 0.15) is 10.8 Å². The smallest absolute Gasteiger partial charge is 0.181 e. The second-order valence-corrected chi connectivity index (χ2v) is 8.47. The summed E-state index contributed by atoms with van der Waals surface area (Å²) in [6.45, 7) is 0.943. The van der Waals surface area contributed by atoms with E-state index < -0.39 is 0 Å². The van der Waals surface area contributed by atoms with Gasteiger partial charge in [-0.1, -0.05) is 48.4 Å². The zero-order valence-electron chi connectivity index (χ0n) is 15.4. The number of anilines is 1. The maximum absolute atomic E-state index is 6.66. The third kappa shape index (κ3) is 3.43. The molecule has 0 saturated heterocycles. The van der Waals surface area contributed by atoms with E-state index in [-0.39, 0.29) is 0 Å². The predicted octanol–water partition coefficient (Wildman–Crippen LogP) is 5.33. The van der Waals surface area contributed by atoms with Crippen molar-refractivity contribution in [1.82, 2.24) is 14.6 Å². The number of pyridine rings is 1. The van der Waals surface area contributed by atoms with E-state index in [1.54, 1.807) is 0 Å². The first-order chi connectivity index (χ1) is 13.3. The average Bonchev–Trinajstić information content (AvgIpc) is 3.23. The first-order valence-corrected chi connectivity index (χ1v) is 10.5. The Bertz CT molecular complexity index is 932. The summed E-state index contributed by atoms with van der Waals surface area (Å²) in [7, 11) is 0. The Labute approximate surface area is 165 Å². The summed E-state index contributed by atoms with van der Waals surface area (Å²) in [5, 5.41) is 13.0. The molecule has 5 heteroatoms. The molecule has 2 fully saturated rings. The fraction of sp³-hybridized carbons (Fsp3) is 0.455. The molecule has 0 amide bonds. The number of aromatic nitrogens is 3. The quantitative estimate of drug-likeness (QED) is 0.628. The number of rotatable bonds is 6. The van der Waals surface area contributed by atoms with Crippen molar-refractivity contribution in [1.29, 1.82) is 0 Å². The van der Waals surface area contributed by atoms with E-state index in [1.807, 2.05) is 4.40 Å². The Morgan fingerprint density at radius 3 is 2.70 bits per heavy atom. The average molecular weight is 381 g/mol. The molecule has 0 aliphatic heterocycles. The standard InChI is InChI=1S/C22H25ClN4/c23-21-19(11-12-27-20(13-15-9-10-15)25-26-22(21)27)24-14-17-7-4-8-18(17)16-5-2-1-3-6-16/h1-3,5-6,11-12,15,17-18,24H,4,7-10,13-14H2/t17-,18-/m0/s1. The van der Waals surface area contributed by atoms with Crippen LogP contribution in [0.5, 0.6) is 0 Å². The Morgan fingerprint density at radius 1 is 1.04 bits per heavy atom. The summed E-state index contributed by atoms with van der Waals surface area (Å²) in [5.41, 5.74) is 3.20. The van der Waals surface area contributed by atoms with Crippen molar-refractivity contribution in [2.24, 2.45) is 11.8 Å². The number of halogens is 1. The van der Waals surface area contributed by atoms with E-state index in [9.17, 15) is 0 Å². The minimum atomic E-state index is 0.638. The third-order valence-corrected chi connectivity index (χ3v) is 6.57. The van der Waals surface area contributed by atoms with Gasteiger partial charge in [0.25, 0.3) is 0 Å². The number of nitrogens with one attached hydrogen (secondary N) is 1. The molecule has 0 unspecified atom stereocenters. The first-order valence-electron chi connectivity index (χ1n) is 10.1. The van der Waals surface area contributed by atoms with Crippen molar-refractivity contribution in [2.75, 3.05) is 11.9 Å². The maximum atomic E-state index is 6.66. The van der Waals surface area contributed by atoms with Crippen LogP contribution in [0.4, 0.5) is 5.69 Å². The summed E-state index contributed by atoms with van der Waals surface area (Å²) in [4.78, 5) is 0. The lowest BCUT2D eigenvalue weighted by Gasteiger charge is -2.21. The molecule has 0 radical (unpaired) electrons. The van der Waals surface area contributed by atoms with Crippen LogP contribution >= 0.6 is 11.6 Å². The van der Waals surface area contributed by atoms with Gasteiger partial charge in [0, 0.05) is 19.2 Å². The topological polar surface area (TPSA) is 42.2 Å². The van der Waals surface area contributed by atoms with Gasteiger partial charge < -0.3 is 5.32 Å². The molecule has 1 aromatic carbocycles. The molecule has 5 rings (SSSR count). The van der Waals surface area contributed by atoms with Gasteiger partial charge in [-0.2, -0.15) is 0 Å². The van der Waals surface area contributed by atoms with Crippen molar-refractivity contribution in [3.63, 3.8) is 0 Å². The maximum Gasteiger partial charge on any atom is 0.181 e. The van der Waals surface area contributed by atoms with Gasteiger partial charge in [0.2, 0.25) is 0 Å². The summed E-state index contributed by atoms with van der Waals surface area (Å²) in [6.07, 6.45) is 9.53. The lowest BCUT2D eigenvalue weighted by atomic mass is 9.89. The highest BCUT2D eigenvalue weighted by atomic mass is 35.5. The highest BCUT2D eigenvalue weighted by molar-refractivity contribution is 6.36. The molecule has 140 valence electrons. The van der Waals surface area contributed by atoms with Crippen LogP contribution in [0.15, 0.2) is 42.6 Å². The highest BCUT2D eigenvalue weighted by Gasteiger charge is 2.28. The normalized spacial score (nSPS) is 22.4. The highest BCUT2D eigenvalue weighted by Crippen LogP contribution is 2.40. The van der Waals surface area contributed by atoms with Crippen molar-refractivity contribution in [3.05, 3.63) is 59.0 Å². The van der Waals surface area contributed by atoms with Crippen LogP contribution in [0.1, 0.15) is 49.4 Å². The number of hydrogen-bond acceptors (Lipinski definition) is 3. The van der Waals surface area contributed by atoms with E-state index >= 15 is 0 Å². The molecule has 2 aliphatic rings. The Balaban J connectivity index is 1.32. The number of fused-ring (bicyclic) bond motifs is 1. The van der Waals surface area contributed by atoms with Crippen LogP contribution in [0, 0.1) is 11.8 Å². The lowest BCUT2D eigenvalue weighted by molar-refractivity contribution is 0.509. The predicted molar refractivity (Wildman–Crippen MR) is 109 cm³/mol. The molecule has 2 aliphatic carbocycles. The van der Waals surface area contributed by atoms with Crippen molar-refractivity contribution in [2.45, 2.75) is 44.4 Å². The Morgan fingerprint density at radius 2 is 1.89 bits per heavy atom. The van der Waals surface area contributed by atoms with Crippen LogP contribution in [0.25, 0.3) is 5.65 Å². The molecule has 2 saturated carbocycles. The first kappa shape index (κ1) is 17.1. The minimum absolute atomic E-state index is 0.638. The zero-order chi connectivity index (χ0) is 18.2. The fourth-order valence-electron chi connectivity index (χ4n) is 4.49. The van der Waals surface area contributed by atoms with E-state index in [4.69, 9.17) is 11.6 Å². The SMILES string of the molecule is Clc1c(NC[C@@H]2CCC[C@H]2c2ccccc2)ccn2c(CC3CC3)nnc12. The van der Waals surface area contributed by atoms with E-state index in [2.05, 4.69) is 58.1 Å². The van der Waals surface area contributed by atoms with Crippen LogP contribution in [-0.4, -0.2) is 21.1 Å². The Kier molecular flexibility index (Phi) is 4.52. The van der Waals surface area contributed by atoms with Gasteiger partial charge in [0.15, 0.2) is 5.65 Å². The molecule has 4 nitrogen and oxygen atoms in total. The van der Waals surface area contributed by atoms with Gasteiger partial charge in [-0.25, -0.2) is 0 Å². The Hall–Kier alpha value is -2.07. The van der Waals surface area contributed by atoms with Crippen LogP contribution < -0.4 is 5.32 Å².